The van der Waals surface area contributed by atoms with E-state index in [1.54, 1.807) is 43.3 Å². The maximum Gasteiger partial charge on any atom is 0.325 e. The first-order valence-corrected chi connectivity index (χ1v) is 9.34. The summed E-state index contributed by atoms with van der Waals surface area (Å²) in [6, 6.07) is 11.6. The number of aryl methyl sites for hydroxylation is 1. The smallest absolute Gasteiger partial charge is 0.324 e. The first-order chi connectivity index (χ1) is 12.7. The van der Waals surface area contributed by atoms with E-state index in [1.807, 2.05) is 13.0 Å². The van der Waals surface area contributed by atoms with Crippen LogP contribution in [0.2, 0.25) is 5.02 Å². The molecular formula is C19H17BrClN3O3. The lowest BCUT2D eigenvalue weighted by molar-refractivity contribution is -0.133. The highest BCUT2D eigenvalue weighted by atomic mass is 79.9. The van der Waals surface area contributed by atoms with E-state index in [9.17, 15) is 14.4 Å². The average molecular weight is 451 g/mol. The highest BCUT2D eigenvalue weighted by molar-refractivity contribution is 9.10. The summed E-state index contributed by atoms with van der Waals surface area (Å²) in [6.45, 7) is 3.08. The molecule has 0 saturated carbocycles. The van der Waals surface area contributed by atoms with Crippen LogP contribution in [-0.4, -0.2) is 29.3 Å². The summed E-state index contributed by atoms with van der Waals surface area (Å²) < 4.78 is 0.788. The molecule has 1 heterocycles. The molecule has 27 heavy (non-hydrogen) atoms. The summed E-state index contributed by atoms with van der Waals surface area (Å²) >= 11 is 9.41. The van der Waals surface area contributed by atoms with Gasteiger partial charge in [0.1, 0.15) is 12.1 Å². The number of hydrogen-bond donors (Lipinski definition) is 2. The Labute approximate surface area is 170 Å². The number of amides is 4. The fourth-order valence-corrected chi connectivity index (χ4v) is 3.43. The van der Waals surface area contributed by atoms with Crippen LogP contribution in [0.25, 0.3) is 0 Å². The minimum absolute atomic E-state index is 0.389. The van der Waals surface area contributed by atoms with Crippen LogP contribution in [0.5, 0.6) is 0 Å². The molecule has 1 aliphatic heterocycles. The van der Waals surface area contributed by atoms with Gasteiger partial charge in [0.05, 0.1) is 0 Å². The van der Waals surface area contributed by atoms with E-state index in [0.29, 0.717) is 16.3 Å². The molecule has 140 valence electrons. The van der Waals surface area contributed by atoms with Crippen molar-refractivity contribution in [3.63, 3.8) is 0 Å². The fraction of sp³-hybridized carbons (Fsp3) is 0.211. The minimum atomic E-state index is -1.23. The summed E-state index contributed by atoms with van der Waals surface area (Å²) in [5.41, 5.74) is 0.781. The molecule has 2 aromatic carbocycles. The normalized spacial score (nSPS) is 19.2. The number of benzene rings is 2. The van der Waals surface area contributed by atoms with E-state index in [1.165, 1.54) is 0 Å². The molecule has 0 aromatic heterocycles. The largest absolute Gasteiger partial charge is 0.325 e. The molecule has 3 rings (SSSR count). The SMILES string of the molecule is Cc1ccc(NC(=O)CN2C(=O)NC(C)(c3cccc(Br)c3)C2=O)cc1Cl. The van der Waals surface area contributed by atoms with Gasteiger partial charge in [0.15, 0.2) is 0 Å². The van der Waals surface area contributed by atoms with Crippen molar-refractivity contribution in [3.8, 4) is 0 Å². The lowest BCUT2D eigenvalue weighted by Crippen LogP contribution is -2.42. The molecule has 1 fully saturated rings. The molecule has 4 amide bonds. The van der Waals surface area contributed by atoms with Gasteiger partial charge in [0.2, 0.25) is 5.91 Å². The Bertz CT molecular complexity index is 950. The number of hydrogen-bond acceptors (Lipinski definition) is 3. The van der Waals surface area contributed by atoms with Gasteiger partial charge >= 0.3 is 6.03 Å². The zero-order valence-corrected chi connectivity index (χ0v) is 17.0. The number of carbonyl (C=O) groups is 3. The van der Waals surface area contributed by atoms with Crippen molar-refractivity contribution in [3.05, 3.63) is 63.1 Å². The van der Waals surface area contributed by atoms with Crippen LogP contribution < -0.4 is 10.6 Å². The maximum atomic E-state index is 12.9. The van der Waals surface area contributed by atoms with Crippen LogP contribution in [0.3, 0.4) is 0 Å². The van der Waals surface area contributed by atoms with Crippen molar-refractivity contribution in [2.75, 3.05) is 11.9 Å². The Balaban J connectivity index is 1.75. The molecule has 0 radical (unpaired) electrons. The number of halogens is 2. The summed E-state index contributed by atoms with van der Waals surface area (Å²) in [5, 5.41) is 5.84. The zero-order chi connectivity index (χ0) is 19.8. The molecule has 1 saturated heterocycles. The third kappa shape index (κ3) is 3.84. The van der Waals surface area contributed by atoms with Crippen LogP contribution in [0.4, 0.5) is 10.5 Å². The van der Waals surface area contributed by atoms with E-state index in [-0.39, 0.29) is 6.54 Å². The molecule has 0 aliphatic carbocycles. The Kier molecular flexibility index (Phi) is 5.26. The van der Waals surface area contributed by atoms with E-state index >= 15 is 0 Å². The number of rotatable bonds is 4. The van der Waals surface area contributed by atoms with Crippen molar-refractivity contribution in [1.82, 2.24) is 10.2 Å². The molecule has 0 bridgehead atoms. The predicted molar refractivity (Wildman–Crippen MR) is 107 cm³/mol. The third-order valence-electron chi connectivity index (χ3n) is 4.43. The average Bonchev–Trinajstić information content (AvgIpc) is 2.82. The van der Waals surface area contributed by atoms with Crippen LogP contribution in [0.15, 0.2) is 46.9 Å². The summed E-state index contributed by atoms with van der Waals surface area (Å²) in [5.74, 6) is -0.973. The zero-order valence-electron chi connectivity index (χ0n) is 14.7. The Morgan fingerprint density at radius 2 is 2.00 bits per heavy atom. The van der Waals surface area contributed by atoms with Gasteiger partial charge in [-0.2, -0.15) is 0 Å². The second kappa shape index (κ2) is 7.32. The topological polar surface area (TPSA) is 78.5 Å². The molecule has 8 heteroatoms. The third-order valence-corrected chi connectivity index (χ3v) is 5.33. The molecule has 1 atom stereocenters. The molecule has 6 nitrogen and oxygen atoms in total. The van der Waals surface area contributed by atoms with Crippen LogP contribution in [0, 0.1) is 6.92 Å². The molecule has 1 aliphatic rings. The lowest BCUT2D eigenvalue weighted by Gasteiger charge is -2.22. The van der Waals surface area contributed by atoms with Gasteiger partial charge in [-0.05, 0) is 49.2 Å². The van der Waals surface area contributed by atoms with Gasteiger partial charge in [0, 0.05) is 15.2 Å². The number of imide groups is 1. The van der Waals surface area contributed by atoms with Gasteiger partial charge in [0.25, 0.3) is 5.91 Å². The van der Waals surface area contributed by atoms with Crippen molar-refractivity contribution in [1.29, 1.82) is 0 Å². The quantitative estimate of drug-likeness (QED) is 0.695. The van der Waals surface area contributed by atoms with Crippen LogP contribution >= 0.6 is 27.5 Å². The van der Waals surface area contributed by atoms with Crippen molar-refractivity contribution >= 4 is 51.1 Å². The lowest BCUT2D eigenvalue weighted by atomic mass is 9.92. The van der Waals surface area contributed by atoms with Gasteiger partial charge in [-0.25, -0.2) is 4.79 Å². The molecule has 2 aromatic rings. The maximum absolute atomic E-state index is 12.9. The highest BCUT2D eigenvalue weighted by Gasteiger charge is 2.49. The Hall–Kier alpha value is -2.38. The van der Waals surface area contributed by atoms with Crippen LogP contribution in [0.1, 0.15) is 18.1 Å². The standard InChI is InChI=1S/C19H17BrClN3O3/c1-11-6-7-14(9-15(11)21)22-16(25)10-24-17(26)19(2,23-18(24)27)12-4-3-5-13(20)8-12/h3-9H,10H2,1-2H3,(H,22,25)(H,23,27). The molecule has 2 N–H and O–H groups in total. The number of anilines is 1. The number of urea groups is 1. The second-order valence-electron chi connectivity index (χ2n) is 6.47. The Morgan fingerprint density at radius 1 is 1.26 bits per heavy atom. The number of nitrogens with zero attached hydrogens (tertiary/aromatic N) is 1. The van der Waals surface area contributed by atoms with E-state index in [2.05, 4.69) is 26.6 Å². The van der Waals surface area contributed by atoms with E-state index < -0.39 is 23.4 Å². The first-order valence-electron chi connectivity index (χ1n) is 8.17. The highest BCUT2D eigenvalue weighted by Crippen LogP contribution is 2.30. The number of carbonyl (C=O) groups excluding carboxylic acids is 3. The van der Waals surface area contributed by atoms with Gasteiger partial charge < -0.3 is 10.6 Å². The minimum Gasteiger partial charge on any atom is -0.324 e. The van der Waals surface area contributed by atoms with Gasteiger partial charge in [-0.15, -0.1) is 0 Å². The molecule has 0 spiro atoms. The van der Waals surface area contributed by atoms with E-state index in [0.717, 1.165) is 14.9 Å². The summed E-state index contributed by atoms with van der Waals surface area (Å²) in [6.07, 6.45) is 0. The fourth-order valence-electron chi connectivity index (χ4n) is 2.85. The van der Waals surface area contributed by atoms with Crippen LogP contribution in [-0.2, 0) is 15.1 Å². The first kappa shape index (κ1) is 19.4. The predicted octanol–water partition coefficient (Wildman–Crippen LogP) is 3.82. The summed E-state index contributed by atoms with van der Waals surface area (Å²) in [4.78, 5) is 38.4. The molecule has 1 unspecified atom stereocenters. The van der Waals surface area contributed by atoms with Gasteiger partial charge in [-0.3, -0.25) is 14.5 Å². The van der Waals surface area contributed by atoms with Crippen molar-refractivity contribution < 1.29 is 14.4 Å². The van der Waals surface area contributed by atoms with Gasteiger partial charge in [-0.1, -0.05) is 45.7 Å². The van der Waals surface area contributed by atoms with Crippen molar-refractivity contribution in [2.45, 2.75) is 19.4 Å². The number of nitrogens with one attached hydrogen (secondary N) is 2. The van der Waals surface area contributed by atoms with E-state index in [4.69, 9.17) is 11.6 Å². The monoisotopic (exact) mass is 449 g/mol. The molecular weight excluding hydrogens is 434 g/mol. The Morgan fingerprint density at radius 3 is 2.67 bits per heavy atom. The second-order valence-corrected chi connectivity index (χ2v) is 7.79. The van der Waals surface area contributed by atoms with Crippen molar-refractivity contribution in [2.24, 2.45) is 0 Å². The summed E-state index contributed by atoms with van der Waals surface area (Å²) in [7, 11) is 0.